The molecule has 1 aliphatic carbocycles. The Morgan fingerprint density at radius 2 is 1.93 bits per heavy atom. The first-order valence-corrected chi connectivity index (χ1v) is 9.96. The molecule has 0 bridgehead atoms. The predicted molar refractivity (Wildman–Crippen MR) is 112 cm³/mol. The average molecular weight is 395 g/mol. The number of carbonyl (C=O) groups is 1. The van der Waals surface area contributed by atoms with Crippen LogP contribution < -0.4 is 5.73 Å². The van der Waals surface area contributed by atoms with Gasteiger partial charge < -0.3 is 15.4 Å². The van der Waals surface area contributed by atoms with Crippen LogP contribution in [0, 0.1) is 10.8 Å². The van der Waals surface area contributed by atoms with Crippen molar-refractivity contribution >= 4 is 18.3 Å². The Morgan fingerprint density at radius 1 is 1.26 bits per heavy atom. The molecule has 3 rings (SSSR count). The third-order valence-electron chi connectivity index (χ3n) is 6.92. The number of ether oxygens (including phenoxy) is 1. The summed E-state index contributed by atoms with van der Waals surface area (Å²) in [6, 6.07) is 10.6. The Balaban J connectivity index is 0.00000261. The number of aryl methyl sites for hydroxylation is 1. The molecule has 1 aromatic rings. The zero-order valence-electron chi connectivity index (χ0n) is 17.2. The molecular weight excluding hydrogens is 360 g/mol. The van der Waals surface area contributed by atoms with E-state index in [9.17, 15) is 4.79 Å². The summed E-state index contributed by atoms with van der Waals surface area (Å²) in [6.45, 7) is 10.7. The van der Waals surface area contributed by atoms with Gasteiger partial charge in [0.25, 0.3) is 0 Å². The summed E-state index contributed by atoms with van der Waals surface area (Å²) in [5, 5.41) is 0. The van der Waals surface area contributed by atoms with Gasteiger partial charge in [0, 0.05) is 31.5 Å². The Labute approximate surface area is 170 Å². The number of carbonyl (C=O) groups excluding carboxylic acids is 1. The van der Waals surface area contributed by atoms with Gasteiger partial charge in [-0.2, -0.15) is 0 Å². The van der Waals surface area contributed by atoms with Crippen molar-refractivity contribution in [3.8, 4) is 0 Å². The second-order valence-electron chi connectivity index (χ2n) is 9.11. The van der Waals surface area contributed by atoms with Gasteiger partial charge in [0.05, 0.1) is 6.10 Å². The molecule has 3 unspecified atom stereocenters. The lowest BCUT2D eigenvalue weighted by Gasteiger charge is -2.58. The third-order valence-corrected chi connectivity index (χ3v) is 6.92. The van der Waals surface area contributed by atoms with E-state index in [1.807, 2.05) is 11.8 Å². The van der Waals surface area contributed by atoms with E-state index in [1.165, 1.54) is 5.56 Å². The first kappa shape index (κ1) is 22.2. The topological polar surface area (TPSA) is 55.6 Å². The van der Waals surface area contributed by atoms with Crippen molar-refractivity contribution in [2.45, 2.75) is 65.0 Å². The quantitative estimate of drug-likeness (QED) is 0.798. The first-order chi connectivity index (χ1) is 12.2. The molecule has 2 aliphatic rings. The molecule has 1 heterocycles. The number of hydrogen-bond donors (Lipinski definition) is 1. The standard InChI is InChI=1S/C22H34N2O2.ClH/c1-5-26-18-15-22(23,20(18,2)3)19(25)24-14-13-21(4,16-24)12-11-17-9-7-6-8-10-17;/h6-10,18H,5,11-16,23H2,1-4H3;1H. The average Bonchev–Trinajstić information content (AvgIpc) is 3.02. The second-order valence-corrected chi connectivity index (χ2v) is 9.11. The van der Waals surface area contributed by atoms with Crippen molar-refractivity contribution in [1.29, 1.82) is 0 Å². The summed E-state index contributed by atoms with van der Waals surface area (Å²) in [5.41, 5.74) is 7.04. The van der Waals surface area contributed by atoms with Crippen LogP contribution in [0.1, 0.15) is 52.5 Å². The summed E-state index contributed by atoms with van der Waals surface area (Å²) in [7, 11) is 0. The summed E-state index contributed by atoms with van der Waals surface area (Å²) in [6.07, 6.45) is 3.92. The number of rotatable bonds is 6. The van der Waals surface area contributed by atoms with E-state index in [0.717, 1.165) is 32.4 Å². The van der Waals surface area contributed by atoms with E-state index < -0.39 is 5.54 Å². The molecule has 152 valence electrons. The van der Waals surface area contributed by atoms with Crippen LogP contribution in [0.25, 0.3) is 0 Å². The number of nitrogens with two attached hydrogens (primary N) is 1. The molecule has 3 atom stereocenters. The summed E-state index contributed by atoms with van der Waals surface area (Å²) in [5.74, 6) is 0.113. The van der Waals surface area contributed by atoms with Crippen LogP contribution in [-0.4, -0.2) is 42.1 Å². The highest BCUT2D eigenvalue weighted by molar-refractivity contribution is 5.89. The zero-order chi connectivity index (χ0) is 19.0. The van der Waals surface area contributed by atoms with Crippen LogP contribution >= 0.6 is 12.4 Å². The van der Waals surface area contributed by atoms with Gasteiger partial charge in [-0.3, -0.25) is 4.79 Å². The number of hydrogen-bond acceptors (Lipinski definition) is 3. The first-order valence-electron chi connectivity index (χ1n) is 9.96. The summed E-state index contributed by atoms with van der Waals surface area (Å²) < 4.78 is 5.78. The van der Waals surface area contributed by atoms with Gasteiger partial charge in [0.15, 0.2) is 0 Å². The Bertz CT molecular complexity index is 651. The van der Waals surface area contributed by atoms with E-state index in [1.54, 1.807) is 0 Å². The maximum atomic E-state index is 13.2. The molecule has 0 radical (unpaired) electrons. The molecule has 0 aromatic heterocycles. The fourth-order valence-electron chi connectivity index (χ4n) is 4.57. The Morgan fingerprint density at radius 3 is 2.52 bits per heavy atom. The minimum atomic E-state index is -0.794. The van der Waals surface area contributed by atoms with E-state index in [0.29, 0.717) is 13.0 Å². The molecule has 1 saturated heterocycles. The summed E-state index contributed by atoms with van der Waals surface area (Å²) >= 11 is 0. The lowest BCUT2D eigenvalue weighted by molar-refractivity contribution is -0.178. The van der Waals surface area contributed by atoms with Gasteiger partial charge in [0.2, 0.25) is 5.91 Å². The van der Waals surface area contributed by atoms with E-state index in [4.69, 9.17) is 10.5 Å². The van der Waals surface area contributed by atoms with Crippen LogP contribution in [-0.2, 0) is 16.0 Å². The zero-order valence-corrected chi connectivity index (χ0v) is 18.0. The Hall–Kier alpha value is -1.10. The minimum absolute atomic E-state index is 0. The lowest BCUT2D eigenvalue weighted by atomic mass is 9.54. The van der Waals surface area contributed by atoms with Crippen molar-refractivity contribution in [3.63, 3.8) is 0 Å². The number of halogens is 1. The van der Waals surface area contributed by atoms with Gasteiger partial charge in [-0.25, -0.2) is 0 Å². The fourth-order valence-corrected chi connectivity index (χ4v) is 4.57. The fraction of sp³-hybridized carbons (Fsp3) is 0.682. The van der Waals surface area contributed by atoms with Crippen LogP contribution in [0.5, 0.6) is 0 Å². The normalized spacial score (nSPS) is 31.9. The maximum absolute atomic E-state index is 13.2. The highest BCUT2D eigenvalue weighted by Crippen LogP contribution is 2.51. The van der Waals surface area contributed by atoms with E-state index in [2.05, 4.69) is 51.1 Å². The van der Waals surface area contributed by atoms with Crippen LogP contribution in [0.4, 0.5) is 0 Å². The lowest BCUT2D eigenvalue weighted by Crippen LogP contribution is -2.76. The number of amides is 1. The van der Waals surface area contributed by atoms with Crippen molar-refractivity contribution in [1.82, 2.24) is 4.90 Å². The van der Waals surface area contributed by atoms with Gasteiger partial charge in [-0.1, -0.05) is 51.1 Å². The Kier molecular flexibility index (Phi) is 6.66. The molecule has 1 saturated carbocycles. The molecule has 2 fully saturated rings. The van der Waals surface area contributed by atoms with Crippen LogP contribution in [0.3, 0.4) is 0 Å². The van der Waals surface area contributed by atoms with E-state index >= 15 is 0 Å². The van der Waals surface area contributed by atoms with Crippen molar-refractivity contribution in [3.05, 3.63) is 35.9 Å². The minimum Gasteiger partial charge on any atom is -0.378 e. The molecule has 2 N–H and O–H groups in total. The summed E-state index contributed by atoms with van der Waals surface area (Å²) in [4.78, 5) is 15.2. The SMILES string of the molecule is CCOC1CC(N)(C(=O)N2CCC(C)(CCc3ccccc3)C2)C1(C)C.Cl. The van der Waals surface area contributed by atoms with E-state index in [-0.39, 0.29) is 35.2 Å². The number of nitrogens with zero attached hydrogens (tertiary/aromatic N) is 1. The van der Waals surface area contributed by atoms with Gasteiger partial charge in [0.1, 0.15) is 5.54 Å². The van der Waals surface area contributed by atoms with Crippen molar-refractivity contribution < 1.29 is 9.53 Å². The molecule has 5 heteroatoms. The largest absolute Gasteiger partial charge is 0.378 e. The van der Waals surface area contributed by atoms with Crippen molar-refractivity contribution in [2.75, 3.05) is 19.7 Å². The monoisotopic (exact) mass is 394 g/mol. The number of likely N-dealkylation sites (tertiary alicyclic amines) is 1. The highest BCUT2D eigenvalue weighted by Gasteiger charge is 2.64. The molecule has 1 amide bonds. The number of benzene rings is 1. The smallest absolute Gasteiger partial charge is 0.243 e. The van der Waals surface area contributed by atoms with Gasteiger partial charge in [-0.15, -0.1) is 12.4 Å². The molecule has 1 aliphatic heterocycles. The van der Waals surface area contributed by atoms with Gasteiger partial charge in [-0.05, 0) is 37.2 Å². The van der Waals surface area contributed by atoms with Crippen molar-refractivity contribution in [2.24, 2.45) is 16.6 Å². The van der Waals surface area contributed by atoms with Crippen LogP contribution in [0.15, 0.2) is 30.3 Å². The molecule has 27 heavy (non-hydrogen) atoms. The third kappa shape index (κ3) is 4.03. The molecular formula is C22H35ClN2O2. The highest BCUT2D eigenvalue weighted by atomic mass is 35.5. The van der Waals surface area contributed by atoms with Crippen LogP contribution in [0.2, 0.25) is 0 Å². The molecule has 1 aromatic carbocycles. The maximum Gasteiger partial charge on any atom is 0.243 e. The molecule has 4 nitrogen and oxygen atoms in total. The second kappa shape index (κ2) is 8.10. The molecule has 0 spiro atoms. The van der Waals surface area contributed by atoms with Gasteiger partial charge >= 0.3 is 0 Å². The predicted octanol–water partition coefficient (Wildman–Crippen LogP) is 3.81.